The van der Waals surface area contributed by atoms with E-state index in [1.165, 1.54) is 36.5 Å². The second-order valence-electron chi connectivity index (χ2n) is 10.4. The second kappa shape index (κ2) is 10.8. The molecule has 43 heavy (non-hydrogen) atoms. The van der Waals surface area contributed by atoms with Crippen molar-refractivity contribution >= 4 is 44.2 Å². The SMILES string of the molecule is C=CC(=O)N1CCN(c2nc(=O)n(-c3cccnc3S(=O)(=O)C3CC3)c3nc(-c4c(F)cccc4Cl)c(F)cc23)[C@@H](C)C1. The molecule has 222 valence electrons. The van der Waals surface area contributed by atoms with Crippen molar-refractivity contribution in [2.24, 2.45) is 0 Å². The van der Waals surface area contributed by atoms with Crippen LogP contribution in [0.15, 0.2) is 65.1 Å². The van der Waals surface area contributed by atoms with Crippen LogP contribution in [0.4, 0.5) is 14.6 Å². The number of rotatable bonds is 6. The smallest absolute Gasteiger partial charge is 0.350 e. The third-order valence-electron chi connectivity index (χ3n) is 7.61. The zero-order chi connectivity index (χ0) is 30.6. The fourth-order valence-electron chi connectivity index (χ4n) is 5.35. The topological polar surface area (TPSA) is 118 Å². The molecular weight excluding hydrogens is 602 g/mol. The van der Waals surface area contributed by atoms with Crippen molar-refractivity contribution in [2.75, 3.05) is 24.5 Å². The van der Waals surface area contributed by atoms with E-state index in [2.05, 4.69) is 21.5 Å². The Bertz CT molecular complexity index is 1960. The summed E-state index contributed by atoms with van der Waals surface area (Å²) in [6, 6.07) is 7.43. The number of piperazine rings is 1. The molecule has 10 nitrogen and oxygen atoms in total. The highest BCUT2D eigenvalue weighted by atomic mass is 35.5. The van der Waals surface area contributed by atoms with E-state index in [9.17, 15) is 22.4 Å². The molecule has 1 atom stereocenters. The number of hydrogen-bond donors (Lipinski definition) is 0. The van der Waals surface area contributed by atoms with Gasteiger partial charge in [-0.3, -0.25) is 4.79 Å². The molecule has 1 amide bonds. The van der Waals surface area contributed by atoms with Crippen molar-refractivity contribution in [3.8, 4) is 16.9 Å². The minimum atomic E-state index is -3.91. The molecular formula is C29H25ClF2N6O4S. The third-order valence-corrected chi connectivity index (χ3v) is 10.1. The Morgan fingerprint density at radius 2 is 1.88 bits per heavy atom. The molecule has 0 bridgehead atoms. The normalized spacial score (nSPS) is 17.3. The lowest BCUT2D eigenvalue weighted by Gasteiger charge is -2.40. The molecule has 1 aliphatic carbocycles. The first-order chi connectivity index (χ1) is 20.5. The van der Waals surface area contributed by atoms with E-state index >= 15 is 4.39 Å². The molecule has 4 aromatic rings. The molecule has 3 aromatic heterocycles. The lowest BCUT2D eigenvalue weighted by atomic mass is 10.1. The highest BCUT2D eigenvalue weighted by Crippen LogP contribution is 2.38. The van der Waals surface area contributed by atoms with E-state index in [0.29, 0.717) is 12.8 Å². The molecule has 1 aliphatic heterocycles. The second-order valence-corrected chi connectivity index (χ2v) is 13.0. The maximum atomic E-state index is 15.8. The lowest BCUT2D eigenvalue weighted by Crippen LogP contribution is -2.54. The van der Waals surface area contributed by atoms with Crippen LogP contribution in [0.2, 0.25) is 5.02 Å². The van der Waals surface area contributed by atoms with Gasteiger partial charge in [-0.1, -0.05) is 24.2 Å². The number of benzene rings is 1. The van der Waals surface area contributed by atoms with Crippen molar-refractivity contribution in [1.29, 1.82) is 0 Å². The minimum Gasteiger partial charge on any atom is -0.350 e. The van der Waals surface area contributed by atoms with Gasteiger partial charge in [-0.05, 0) is 56.2 Å². The quantitative estimate of drug-likeness (QED) is 0.296. The predicted octanol–water partition coefficient (Wildman–Crippen LogP) is 3.93. The van der Waals surface area contributed by atoms with E-state index in [-0.39, 0.29) is 69.7 Å². The van der Waals surface area contributed by atoms with Crippen LogP contribution in [0.5, 0.6) is 0 Å². The average Bonchev–Trinajstić information content (AvgIpc) is 3.84. The van der Waals surface area contributed by atoms with Gasteiger partial charge >= 0.3 is 5.69 Å². The zero-order valence-electron chi connectivity index (χ0n) is 22.9. The number of halogens is 3. The summed E-state index contributed by atoms with van der Waals surface area (Å²) in [6.07, 6.45) is 3.44. The molecule has 1 aromatic carbocycles. The summed E-state index contributed by atoms with van der Waals surface area (Å²) < 4.78 is 58.5. The Hall–Kier alpha value is -4.23. The van der Waals surface area contributed by atoms with Gasteiger partial charge in [0, 0.05) is 31.9 Å². The monoisotopic (exact) mass is 626 g/mol. The fourth-order valence-corrected chi connectivity index (χ4v) is 7.33. The first-order valence-corrected chi connectivity index (χ1v) is 15.4. The van der Waals surface area contributed by atoms with E-state index in [4.69, 9.17) is 11.6 Å². The van der Waals surface area contributed by atoms with Gasteiger partial charge in [0.05, 0.1) is 26.9 Å². The third kappa shape index (κ3) is 4.95. The molecule has 1 saturated carbocycles. The van der Waals surface area contributed by atoms with Gasteiger partial charge in [0.15, 0.2) is 16.5 Å². The highest BCUT2D eigenvalue weighted by molar-refractivity contribution is 7.92. The molecule has 0 N–H and O–H groups in total. The number of aromatic nitrogens is 4. The molecule has 6 rings (SSSR count). The Labute approximate surface area is 250 Å². The number of anilines is 1. The van der Waals surface area contributed by atoms with Crippen LogP contribution in [0.3, 0.4) is 0 Å². The Kier molecular flexibility index (Phi) is 7.25. The zero-order valence-corrected chi connectivity index (χ0v) is 24.4. The van der Waals surface area contributed by atoms with Crippen molar-refractivity contribution < 1.29 is 22.0 Å². The van der Waals surface area contributed by atoms with Crippen LogP contribution < -0.4 is 10.6 Å². The van der Waals surface area contributed by atoms with Crippen LogP contribution in [0.25, 0.3) is 28.0 Å². The number of fused-ring (bicyclic) bond motifs is 1. The number of carbonyl (C=O) groups excluding carboxylic acids is 1. The average molecular weight is 627 g/mol. The van der Waals surface area contributed by atoms with Crippen LogP contribution in [0, 0.1) is 11.6 Å². The predicted molar refractivity (Wildman–Crippen MR) is 157 cm³/mol. The van der Waals surface area contributed by atoms with Crippen molar-refractivity contribution in [3.05, 3.63) is 82.4 Å². The number of carbonyl (C=O) groups is 1. The number of sulfone groups is 1. The van der Waals surface area contributed by atoms with E-state index < -0.39 is 38.1 Å². The van der Waals surface area contributed by atoms with Crippen molar-refractivity contribution in [2.45, 2.75) is 36.1 Å². The first-order valence-electron chi connectivity index (χ1n) is 13.5. The fraction of sp³-hybridized carbons (Fsp3) is 0.276. The van der Waals surface area contributed by atoms with Gasteiger partial charge in [-0.2, -0.15) is 4.98 Å². The van der Waals surface area contributed by atoms with Gasteiger partial charge in [-0.25, -0.2) is 36.5 Å². The van der Waals surface area contributed by atoms with E-state index in [0.717, 1.165) is 16.7 Å². The Morgan fingerprint density at radius 1 is 1.12 bits per heavy atom. The van der Waals surface area contributed by atoms with Crippen molar-refractivity contribution in [1.82, 2.24) is 24.4 Å². The van der Waals surface area contributed by atoms with E-state index in [1.807, 2.05) is 6.92 Å². The molecule has 0 unspecified atom stereocenters. The van der Waals surface area contributed by atoms with Gasteiger partial charge < -0.3 is 9.80 Å². The Morgan fingerprint density at radius 3 is 2.56 bits per heavy atom. The highest BCUT2D eigenvalue weighted by Gasteiger charge is 2.40. The lowest BCUT2D eigenvalue weighted by molar-refractivity contribution is -0.126. The summed E-state index contributed by atoms with van der Waals surface area (Å²) in [5, 5.41) is -1.01. The van der Waals surface area contributed by atoms with Gasteiger partial charge in [-0.15, -0.1) is 0 Å². The van der Waals surface area contributed by atoms with Crippen LogP contribution >= 0.6 is 11.6 Å². The maximum absolute atomic E-state index is 15.8. The van der Waals surface area contributed by atoms with Gasteiger partial charge in [0.25, 0.3) is 0 Å². The Balaban J connectivity index is 1.64. The van der Waals surface area contributed by atoms with Crippen LogP contribution in [-0.4, -0.2) is 69.7 Å². The summed E-state index contributed by atoms with van der Waals surface area (Å²) in [5.74, 6) is -1.93. The molecule has 2 aliphatic rings. The molecule has 14 heteroatoms. The molecule has 1 saturated heterocycles. The van der Waals surface area contributed by atoms with E-state index in [1.54, 1.807) is 9.80 Å². The van der Waals surface area contributed by atoms with Crippen molar-refractivity contribution in [3.63, 3.8) is 0 Å². The van der Waals surface area contributed by atoms with Crippen LogP contribution in [-0.2, 0) is 14.6 Å². The standard InChI is InChI=1S/C29H25ClF2N6O4S/c1-3-23(39)36-12-13-37(16(2)15-36)26-18-14-21(32)25(24-19(30)6-4-7-20(24)31)34-27(18)38(29(40)35-26)22-8-5-11-33-28(22)43(41,42)17-9-10-17/h3-8,11,14,16-17H,1,9-10,12-13,15H2,2H3/t16-/m0/s1. The summed E-state index contributed by atoms with van der Waals surface area (Å²) in [5.41, 5.74) is -1.96. The summed E-state index contributed by atoms with van der Waals surface area (Å²) >= 11 is 6.26. The maximum Gasteiger partial charge on any atom is 0.355 e. The number of nitrogens with zero attached hydrogens (tertiary/aromatic N) is 6. The summed E-state index contributed by atoms with van der Waals surface area (Å²) in [4.78, 5) is 42.2. The van der Waals surface area contributed by atoms with Gasteiger partial charge in [0.2, 0.25) is 15.7 Å². The summed E-state index contributed by atoms with van der Waals surface area (Å²) in [6.45, 7) is 6.17. The molecule has 0 radical (unpaired) electrons. The molecule has 4 heterocycles. The number of amides is 1. The molecule has 2 fully saturated rings. The first kappa shape index (κ1) is 28.9. The molecule has 0 spiro atoms. The number of pyridine rings is 2. The largest absolute Gasteiger partial charge is 0.355 e. The van der Waals surface area contributed by atoms with Crippen LogP contribution in [0.1, 0.15) is 19.8 Å². The number of hydrogen-bond acceptors (Lipinski definition) is 8. The minimum absolute atomic E-state index is 0.0716. The van der Waals surface area contributed by atoms with Gasteiger partial charge in [0.1, 0.15) is 17.3 Å². The summed E-state index contributed by atoms with van der Waals surface area (Å²) in [7, 11) is -3.91.